The van der Waals surface area contributed by atoms with Crippen LogP contribution < -0.4 is 16.0 Å². The molecule has 1 aliphatic carbocycles. The van der Waals surface area contributed by atoms with Gasteiger partial charge in [-0.25, -0.2) is 0 Å². The molecule has 0 radical (unpaired) electrons. The average molecular weight is 476 g/mol. The monoisotopic (exact) mass is 476 g/mol. The number of hydrogen-bond donors (Lipinski definition) is 3. The van der Waals surface area contributed by atoms with Gasteiger partial charge in [-0.3, -0.25) is 14.5 Å². The lowest BCUT2D eigenvalue weighted by Crippen LogP contribution is -2.43. The molecule has 0 spiro atoms. The summed E-state index contributed by atoms with van der Waals surface area (Å²) in [5, 5.41) is 14.1. The first-order valence-electron chi connectivity index (χ1n) is 9.24. The van der Waals surface area contributed by atoms with E-state index in [-0.39, 0.29) is 41.8 Å². The van der Waals surface area contributed by atoms with Crippen LogP contribution in [0.5, 0.6) is 0 Å². The minimum atomic E-state index is 0. The Bertz CT molecular complexity index is 623. The van der Waals surface area contributed by atoms with Crippen molar-refractivity contribution in [3.63, 3.8) is 0 Å². The number of nitrogens with zero attached hydrogens (tertiary/aromatic N) is 3. The first-order chi connectivity index (χ1) is 11.9. The molecule has 0 aromatic carbocycles. The molecule has 26 heavy (non-hydrogen) atoms. The third-order valence-electron chi connectivity index (χ3n) is 4.53. The van der Waals surface area contributed by atoms with E-state index in [9.17, 15) is 4.79 Å². The molecule has 1 amide bonds. The molecule has 2 rings (SSSR count). The Balaban J connectivity index is 0.00000338. The number of hydrogen-bond acceptors (Lipinski definition) is 3. The number of guanidine groups is 1. The molecule has 1 aromatic rings. The summed E-state index contributed by atoms with van der Waals surface area (Å²) in [4.78, 5) is 16.2. The summed E-state index contributed by atoms with van der Waals surface area (Å²) < 4.78 is 1.93. The molecule has 3 N–H and O–H groups in total. The highest BCUT2D eigenvalue weighted by Crippen LogP contribution is 2.28. The van der Waals surface area contributed by atoms with Crippen LogP contribution in [0.3, 0.4) is 0 Å². The van der Waals surface area contributed by atoms with Gasteiger partial charge in [-0.1, -0.05) is 0 Å². The summed E-state index contributed by atoms with van der Waals surface area (Å²) in [5.74, 6) is 1.21. The smallest absolute Gasteiger partial charge is 0.223 e. The van der Waals surface area contributed by atoms with Gasteiger partial charge < -0.3 is 16.0 Å². The predicted molar refractivity (Wildman–Crippen MR) is 116 cm³/mol. The number of aliphatic imine (C=N–C) groups is 1. The Morgan fingerprint density at radius 3 is 2.58 bits per heavy atom. The van der Waals surface area contributed by atoms with Crippen LogP contribution >= 0.6 is 24.0 Å². The number of aromatic nitrogens is 2. The van der Waals surface area contributed by atoms with Crippen LogP contribution in [0, 0.1) is 19.8 Å². The van der Waals surface area contributed by atoms with Crippen LogP contribution in [0.4, 0.5) is 0 Å². The van der Waals surface area contributed by atoms with Gasteiger partial charge in [0.25, 0.3) is 0 Å². The highest BCUT2D eigenvalue weighted by molar-refractivity contribution is 14.0. The summed E-state index contributed by atoms with van der Waals surface area (Å²) in [6, 6.07) is 0.237. The fourth-order valence-corrected chi connectivity index (χ4v) is 2.86. The second-order valence-electron chi connectivity index (χ2n) is 6.85. The fourth-order valence-electron chi connectivity index (χ4n) is 2.86. The highest BCUT2D eigenvalue weighted by Gasteiger charge is 2.28. The van der Waals surface area contributed by atoms with Crippen molar-refractivity contribution in [1.29, 1.82) is 0 Å². The van der Waals surface area contributed by atoms with Crippen molar-refractivity contribution < 1.29 is 4.79 Å². The first-order valence-corrected chi connectivity index (χ1v) is 9.24. The van der Waals surface area contributed by atoms with Crippen molar-refractivity contribution in [3.05, 3.63) is 17.0 Å². The maximum atomic E-state index is 11.6. The topological polar surface area (TPSA) is 83.3 Å². The molecule has 1 heterocycles. The summed E-state index contributed by atoms with van der Waals surface area (Å²) >= 11 is 0. The molecule has 1 atom stereocenters. The number of halogens is 1. The van der Waals surface area contributed by atoms with Gasteiger partial charge in [-0.2, -0.15) is 5.10 Å². The average Bonchev–Trinajstić information content (AvgIpc) is 3.37. The van der Waals surface area contributed by atoms with E-state index in [1.165, 1.54) is 11.3 Å². The maximum Gasteiger partial charge on any atom is 0.223 e. The third-order valence-corrected chi connectivity index (χ3v) is 4.53. The van der Waals surface area contributed by atoms with Gasteiger partial charge in [0.15, 0.2) is 5.96 Å². The van der Waals surface area contributed by atoms with Gasteiger partial charge >= 0.3 is 0 Å². The number of amides is 1. The van der Waals surface area contributed by atoms with Crippen molar-refractivity contribution in [2.45, 2.75) is 53.0 Å². The van der Waals surface area contributed by atoms with Gasteiger partial charge in [0, 0.05) is 37.8 Å². The van der Waals surface area contributed by atoms with E-state index in [1.54, 1.807) is 0 Å². The molecule has 0 saturated heterocycles. The Morgan fingerprint density at radius 1 is 1.35 bits per heavy atom. The van der Waals surface area contributed by atoms with E-state index in [2.05, 4.69) is 46.8 Å². The lowest BCUT2D eigenvalue weighted by atomic mass is 10.1. The summed E-state index contributed by atoms with van der Waals surface area (Å²) in [7, 11) is 1.98. The van der Waals surface area contributed by atoms with E-state index >= 15 is 0 Å². The Kier molecular flexibility index (Phi) is 9.38. The normalized spacial score (nSPS) is 15.2. The molecule has 1 saturated carbocycles. The number of carbonyl (C=O) groups is 1. The molecule has 1 aliphatic rings. The zero-order valence-corrected chi connectivity index (χ0v) is 18.9. The fraction of sp³-hybridized carbons (Fsp3) is 0.722. The van der Waals surface area contributed by atoms with Gasteiger partial charge in [0.2, 0.25) is 5.91 Å². The first kappa shape index (κ1) is 22.7. The van der Waals surface area contributed by atoms with Gasteiger partial charge in [0.05, 0.1) is 12.2 Å². The lowest BCUT2D eigenvalue weighted by Gasteiger charge is -2.18. The number of nitrogens with one attached hydrogen (secondary N) is 3. The molecule has 1 unspecified atom stereocenters. The van der Waals surface area contributed by atoms with E-state index in [4.69, 9.17) is 0 Å². The standard InChI is InChI=1S/C18H32N6O.HI/c1-6-19-18(21-10-9-20-17(25)15-7-8-15)22-12(2)11-16-13(3)23-24(5)14(16)4;/h12,15H,6-11H2,1-5H3,(H,20,25)(H2,19,21,22);1H. The van der Waals surface area contributed by atoms with Crippen LogP contribution in [-0.2, 0) is 18.3 Å². The Hall–Kier alpha value is -1.32. The summed E-state index contributed by atoms with van der Waals surface area (Å²) in [5.41, 5.74) is 3.57. The largest absolute Gasteiger partial charge is 0.357 e. The van der Waals surface area contributed by atoms with Crippen molar-refractivity contribution >= 4 is 35.8 Å². The maximum absolute atomic E-state index is 11.6. The lowest BCUT2D eigenvalue weighted by molar-refractivity contribution is -0.122. The van der Waals surface area contributed by atoms with Crippen LogP contribution in [0.25, 0.3) is 0 Å². The molecular formula is C18H33IN6O. The van der Waals surface area contributed by atoms with Crippen LogP contribution in [0.1, 0.15) is 43.6 Å². The Labute approximate surface area is 173 Å². The number of rotatable bonds is 8. The van der Waals surface area contributed by atoms with E-state index in [1.807, 2.05) is 18.7 Å². The Morgan fingerprint density at radius 2 is 2.04 bits per heavy atom. The van der Waals surface area contributed by atoms with Crippen molar-refractivity contribution in [2.24, 2.45) is 18.0 Å². The zero-order valence-electron chi connectivity index (χ0n) is 16.6. The molecule has 1 aromatic heterocycles. The molecule has 148 valence electrons. The summed E-state index contributed by atoms with van der Waals surface area (Å²) in [6.07, 6.45) is 2.96. The van der Waals surface area contributed by atoms with Gasteiger partial charge in [0.1, 0.15) is 0 Å². The minimum absolute atomic E-state index is 0. The van der Waals surface area contributed by atoms with Crippen LogP contribution in [0.2, 0.25) is 0 Å². The van der Waals surface area contributed by atoms with E-state index in [0.29, 0.717) is 13.1 Å². The second-order valence-corrected chi connectivity index (χ2v) is 6.85. The van der Waals surface area contributed by atoms with Crippen molar-refractivity contribution in [1.82, 2.24) is 25.7 Å². The van der Waals surface area contributed by atoms with Crippen LogP contribution in [-0.4, -0.2) is 47.3 Å². The molecular weight excluding hydrogens is 443 g/mol. The van der Waals surface area contributed by atoms with E-state index < -0.39 is 0 Å². The highest BCUT2D eigenvalue weighted by atomic mass is 127. The zero-order chi connectivity index (χ0) is 18.4. The third kappa shape index (κ3) is 6.77. The molecule has 0 aliphatic heterocycles. The predicted octanol–water partition coefficient (Wildman–Crippen LogP) is 1.67. The molecule has 8 heteroatoms. The molecule has 0 bridgehead atoms. The SMILES string of the molecule is CCNC(=NCCNC(=O)C1CC1)NC(C)Cc1c(C)nn(C)c1C.I. The number of carbonyl (C=O) groups excluding carboxylic acids is 1. The van der Waals surface area contributed by atoms with Crippen molar-refractivity contribution in [3.8, 4) is 0 Å². The van der Waals surface area contributed by atoms with Gasteiger partial charge in [-0.05, 0) is 52.5 Å². The molecule has 1 fully saturated rings. The van der Waals surface area contributed by atoms with Gasteiger partial charge in [-0.15, -0.1) is 24.0 Å². The second kappa shape index (κ2) is 10.7. The summed E-state index contributed by atoms with van der Waals surface area (Å²) in [6.45, 7) is 10.3. The quantitative estimate of drug-likeness (QED) is 0.231. The van der Waals surface area contributed by atoms with Crippen LogP contribution in [0.15, 0.2) is 4.99 Å². The minimum Gasteiger partial charge on any atom is -0.357 e. The van der Waals surface area contributed by atoms with E-state index in [0.717, 1.165) is 37.5 Å². The number of aryl methyl sites for hydroxylation is 2. The van der Waals surface area contributed by atoms with Crippen molar-refractivity contribution in [2.75, 3.05) is 19.6 Å². The molecule has 7 nitrogen and oxygen atoms in total.